The number of unbranched alkanes of at least 4 members (excludes halogenated alkanes) is 21. The highest BCUT2D eigenvalue weighted by Gasteiger charge is 2.15. The van der Waals surface area contributed by atoms with Gasteiger partial charge in [-0.05, 0) is 40.0 Å². The minimum atomic E-state index is -0.488. The molecule has 262 valence electrons. The van der Waals surface area contributed by atoms with Crippen molar-refractivity contribution in [2.45, 2.75) is 201 Å². The molecule has 0 aromatic rings. The Balaban J connectivity index is 4.18. The third kappa shape index (κ3) is 32.1. The summed E-state index contributed by atoms with van der Waals surface area (Å²) in [5, 5.41) is 2.77. The maximum atomic E-state index is 13.1. The second-order valence-corrected chi connectivity index (χ2v) is 14.0. The number of hydrogen-bond acceptors (Lipinski definition) is 4. The van der Waals surface area contributed by atoms with Crippen LogP contribution >= 0.6 is 0 Å². The summed E-state index contributed by atoms with van der Waals surface area (Å²) in [6, 6.07) is 0. The van der Waals surface area contributed by atoms with Crippen LogP contribution in [0.1, 0.15) is 195 Å². The van der Waals surface area contributed by atoms with Crippen molar-refractivity contribution in [2.75, 3.05) is 32.8 Å². The van der Waals surface area contributed by atoms with Crippen LogP contribution in [0.25, 0.3) is 0 Å². The molecule has 0 unspecified atom stereocenters. The zero-order valence-electron chi connectivity index (χ0n) is 30.3. The quantitative estimate of drug-likeness (QED) is 0.0756. The third-order valence-corrected chi connectivity index (χ3v) is 8.27. The number of alkyl carbamates (subject to hydrolysis) is 1. The van der Waals surface area contributed by atoms with Gasteiger partial charge >= 0.3 is 6.09 Å². The largest absolute Gasteiger partial charge is 0.444 e. The van der Waals surface area contributed by atoms with Crippen molar-refractivity contribution in [1.82, 2.24) is 10.2 Å². The summed E-state index contributed by atoms with van der Waals surface area (Å²) in [4.78, 5) is 26.9. The molecule has 6 heteroatoms. The average molecular weight is 625 g/mol. The van der Waals surface area contributed by atoms with Crippen molar-refractivity contribution in [1.29, 1.82) is 0 Å². The van der Waals surface area contributed by atoms with E-state index in [1.165, 1.54) is 128 Å². The van der Waals surface area contributed by atoms with E-state index in [0.717, 1.165) is 32.2 Å². The van der Waals surface area contributed by atoms with Crippen LogP contribution in [0.5, 0.6) is 0 Å². The van der Waals surface area contributed by atoms with Crippen LogP contribution in [0.4, 0.5) is 4.79 Å². The van der Waals surface area contributed by atoms with E-state index in [-0.39, 0.29) is 6.09 Å². The second-order valence-electron chi connectivity index (χ2n) is 14.0. The summed E-state index contributed by atoms with van der Waals surface area (Å²) in [6.07, 6.45) is 31.2. The lowest BCUT2D eigenvalue weighted by Crippen LogP contribution is -2.35. The fourth-order valence-electron chi connectivity index (χ4n) is 5.56. The predicted molar refractivity (Wildman–Crippen MR) is 188 cm³/mol. The molecule has 0 aromatic carbocycles. The van der Waals surface area contributed by atoms with Crippen molar-refractivity contribution in [3.05, 3.63) is 0 Å². The summed E-state index contributed by atoms with van der Waals surface area (Å²) in [6.45, 7) is 13.3. The van der Waals surface area contributed by atoms with Crippen LogP contribution in [-0.2, 0) is 14.3 Å². The Kier molecular flexibility index (Phi) is 30.7. The Labute approximate surface area is 274 Å². The Morgan fingerprint density at radius 1 is 0.545 bits per heavy atom. The molecule has 2 amide bonds. The third-order valence-electron chi connectivity index (χ3n) is 8.27. The fourth-order valence-corrected chi connectivity index (χ4v) is 5.56. The minimum absolute atomic E-state index is 0.291. The second kappa shape index (κ2) is 31.7. The number of nitrogens with one attached hydrogen (secondary N) is 1. The molecule has 0 aliphatic rings. The van der Waals surface area contributed by atoms with Gasteiger partial charge in [0.1, 0.15) is 5.60 Å². The first kappa shape index (κ1) is 42.7. The molecule has 0 spiro atoms. The van der Waals surface area contributed by atoms with Gasteiger partial charge in [0, 0.05) is 32.7 Å². The van der Waals surface area contributed by atoms with Crippen molar-refractivity contribution in [3.63, 3.8) is 0 Å². The van der Waals surface area contributed by atoms with Crippen molar-refractivity contribution in [2.24, 2.45) is 0 Å². The molecule has 0 fully saturated rings. The lowest BCUT2D eigenvalue weighted by atomic mass is 10.0. The van der Waals surface area contributed by atoms with Crippen molar-refractivity contribution < 1.29 is 19.1 Å². The van der Waals surface area contributed by atoms with Gasteiger partial charge in [-0.1, -0.05) is 149 Å². The molecule has 0 saturated carbocycles. The van der Waals surface area contributed by atoms with Crippen LogP contribution < -0.4 is 5.32 Å². The van der Waals surface area contributed by atoms with Crippen molar-refractivity contribution >= 4 is 12.0 Å². The van der Waals surface area contributed by atoms with Crippen LogP contribution in [0.3, 0.4) is 0 Å². The van der Waals surface area contributed by atoms with E-state index >= 15 is 0 Å². The number of rotatable bonds is 32. The van der Waals surface area contributed by atoms with Crippen LogP contribution in [0.15, 0.2) is 0 Å². The van der Waals surface area contributed by atoms with Crippen LogP contribution in [0, 0.1) is 0 Å². The first-order valence-electron chi connectivity index (χ1n) is 19.1. The summed E-state index contributed by atoms with van der Waals surface area (Å²) in [5.74, 6) is 0.291. The van der Waals surface area contributed by atoms with Gasteiger partial charge in [-0.15, -0.1) is 0 Å². The van der Waals surface area contributed by atoms with E-state index < -0.39 is 5.60 Å². The smallest absolute Gasteiger partial charge is 0.407 e. The number of amides is 2. The van der Waals surface area contributed by atoms with E-state index in [9.17, 15) is 9.59 Å². The molecule has 0 atom stereocenters. The molecule has 0 heterocycles. The molecular weight excluding hydrogens is 548 g/mol. The van der Waals surface area contributed by atoms with Gasteiger partial charge < -0.3 is 19.7 Å². The first-order chi connectivity index (χ1) is 21.3. The predicted octanol–water partition coefficient (Wildman–Crippen LogP) is 11.1. The molecular formula is C38H76N2O4. The Bertz CT molecular complexity index is 635. The number of hydrogen-bond donors (Lipinski definition) is 1. The summed E-state index contributed by atoms with van der Waals surface area (Å²) >= 11 is 0. The lowest BCUT2D eigenvalue weighted by molar-refractivity contribution is -0.132. The molecule has 0 bridgehead atoms. The molecule has 44 heavy (non-hydrogen) atoms. The summed E-state index contributed by atoms with van der Waals surface area (Å²) in [7, 11) is 0. The van der Waals surface area contributed by atoms with Gasteiger partial charge in [-0.25, -0.2) is 4.79 Å². The molecule has 0 rings (SSSR count). The Morgan fingerprint density at radius 3 is 1.43 bits per heavy atom. The molecule has 0 aliphatic carbocycles. The van der Waals surface area contributed by atoms with Crippen LogP contribution in [0.2, 0.25) is 0 Å². The molecule has 0 saturated heterocycles. The van der Waals surface area contributed by atoms with E-state index in [1.807, 2.05) is 25.7 Å². The van der Waals surface area contributed by atoms with Gasteiger partial charge in [-0.3, -0.25) is 4.79 Å². The van der Waals surface area contributed by atoms with Gasteiger partial charge in [0.15, 0.2) is 0 Å². The Morgan fingerprint density at radius 2 is 0.977 bits per heavy atom. The highest BCUT2D eigenvalue weighted by molar-refractivity contribution is 5.76. The van der Waals surface area contributed by atoms with E-state index in [2.05, 4.69) is 19.2 Å². The fraction of sp³-hybridized carbons (Fsp3) is 0.947. The maximum absolute atomic E-state index is 13.1. The van der Waals surface area contributed by atoms with Gasteiger partial charge in [0.2, 0.25) is 5.91 Å². The average Bonchev–Trinajstić information content (AvgIpc) is 2.97. The molecule has 1 N–H and O–H groups in total. The highest BCUT2D eigenvalue weighted by atomic mass is 16.6. The number of nitrogens with zero attached hydrogens (tertiary/aromatic N) is 1. The molecule has 6 nitrogen and oxygen atoms in total. The number of ether oxygens (including phenoxy) is 2. The van der Waals surface area contributed by atoms with E-state index in [0.29, 0.717) is 38.6 Å². The maximum Gasteiger partial charge on any atom is 0.407 e. The molecule has 0 aromatic heterocycles. The molecule has 0 radical (unpaired) electrons. The summed E-state index contributed by atoms with van der Waals surface area (Å²) < 4.78 is 11.1. The SMILES string of the molecule is CCCCCCCCCCCCCCN(CCOCCCNC(=O)OC(C)(C)C)C(=O)CCCCCCCCCCCCC. The number of carbonyl (C=O) groups excluding carboxylic acids is 2. The van der Waals surface area contributed by atoms with E-state index in [1.54, 1.807) is 0 Å². The van der Waals surface area contributed by atoms with Gasteiger partial charge in [0.25, 0.3) is 0 Å². The normalized spacial score (nSPS) is 11.6. The topological polar surface area (TPSA) is 67.9 Å². The first-order valence-corrected chi connectivity index (χ1v) is 19.1. The van der Waals surface area contributed by atoms with Gasteiger partial charge in [0.05, 0.1) is 6.61 Å². The zero-order valence-corrected chi connectivity index (χ0v) is 30.3. The van der Waals surface area contributed by atoms with Crippen molar-refractivity contribution in [3.8, 4) is 0 Å². The minimum Gasteiger partial charge on any atom is -0.444 e. The Hall–Kier alpha value is -1.30. The highest BCUT2D eigenvalue weighted by Crippen LogP contribution is 2.14. The van der Waals surface area contributed by atoms with Crippen LogP contribution in [-0.4, -0.2) is 55.3 Å². The monoisotopic (exact) mass is 625 g/mol. The standard InChI is InChI=1S/C38H76N2O4/c1-6-8-10-12-14-16-18-20-22-24-26-28-32-40(33-35-43-34-29-31-39-37(42)44-38(3,4)5)36(41)30-27-25-23-21-19-17-15-13-11-9-7-2/h6-35H2,1-5H3,(H,39,42). The van der Waals surface area contributed by atoms with E-state index in [4.69, 9.17) is 9.47 Å². The van der Waals surface area contributed by atoms with Gasteiger partial charge in [-0.2, -0.15) is 0 Å². The molecule has 0 aliphatic heterocycles. The zero-order chi connectivity index (χ0) is 32.6. The number of carbonyl (C=O) groups is 2. The summed E-state index contributed by atoms with van der Waals surface area (Å²) in [5.41, 5.74) is -0.488. The lowest BCUT2D eigenvalue weighted by Gasteiger charge is -2.23.